The lowest BCUT2D eigenvalue weighted by atomic mass is 10.0. The van der Waals surface area contributed by atoms with Gasteiger partial charge in [-0.1, -0.05) is 23.2 Å². The molecule has 0 aliphatic carbocycles. The summed E-state index contributed by atoms with van der Waals surface area (Å²) in [6.07, 6.45) is 1.37. The van der Waals surface area contributed by atoms with Gasteiger partial charge in [0.15, 0.2) is 5.78 Å². The van der Waals surface area contributed by atoms with Crippen LogP contribution in [-0.2, 0) is 19.6 Å². The summed E-state index contributed by atoms with van der Waals surface area (Å²) in [4.78, 5) is 24.9. The first-order valence-corrected chi connectivity index (χ1v) is 11.4. The van der Waals surface area contributed by atoms with E-state index in [0.717, 1.165) is 6.07 Å². The Labute approximate surface area is 194 Å². The molecule has 0 N–H and O–H groups in total. The molecule has 1 fully saturated rings. The Morgan fingerprint density at radius 3 is 2.38 bits per heavy atom. The molecule has 3 rings (SSSR count). The predicted octanol–water partition coefficient (Wildman–Crippen LogP) is 4.11. The van der Waals surface area contributed by atoms with Gasteiger partial charge in [0.2, 0.25) is 0 Å². The lowest BCUT2D eigenvalue weighted by molar-refractivity contribution is -0.126. The van der Waals surface area contributed by atoms with Crippen LogP contribution in [0.3, 0.4) is 0 Å². The van der Waals surface area contributed by atoms with Crippen LogP contribution in [0.5, 0.6) is 11.5 Å². The minimum absolute atomic E-state index is 0.00542. The van der Waals surface area contributed by atoms with Crippen molar-refractivity contribution in [1.29, 1.82) is 0 Å². The van der Waals surface area contributed by atoms with Gasteiger partial charge in [-0.05, 0) is 36.8 Å². The summed E-state index contributed by atoms with van der Waals surface area (Å²) < 4.78 is 51.4. The first-order chi connectivity index (χ1) is 15.1. The molecule has 170 valence electrons. The number of Topliss-reactive ketones (excluding diaryl/α,β-unsaturated/α-hetero) is 1. The molecule has 1 amide bonds. The Kier molecular flexibility index (Phi) is 7.12. The largest absolute Gasteiger partial charge is 0.496 e. The molecule has 2 aromatic rings. The van der Waals surface area contributed by atoms with Crippen LogP contribution < -0.4 is 9.47 Å². The standard InChI is InChI=1S/C21H18Cl2FNO6S/c1-30-18-6-4-14(22)8-13(18)7-12-3-5-15(26)11-25(21(12)27)32(28,29)20-10-17(24)16(23)9-19(20)31-2/h4,6-10H,3,5,11H2,1-2H3/b12-7+. The summed E-state index contributed by atoms with van der Waals surface area (Å²) in [5.74, 6) is -2.27. The normalized spacial score (nSPS) is 16.3. The molecule has 0 spiro atoms. The maximum Gasteiger partial charge on any atom is 0.270 e. The Hall–Kier alpha value is -2.62. The molecule has 0 saturated carbocycles. The summed E-state index contributed by atoms with van der Waals surface area (Å²) in [5.41, 5.74) is 0.485. The third kappa shape index (κ3) is 4.74. The first kappa shape index (κ1) is 24.0. The molecule has 2 aromatic carbocycles. The molecule has 0 atom stereocenters. The molecule has 1 aliphatic rings. The van der Waals surface area contributed by atoms with Gasteiger partial charge in [0.1, 0.15) is 22.2 Å². The van der Waals surface area contributed by atoms with Gasteiger partial charge in [-0.2, -0.15) is 0 Å². The van der Waals surface area contributed by atoms with Crippen LogP contribution in [0.15, 0.2) is 40.8 Å². The SMILES string of the molecule is COc1ccc(Cl)cc1/C=C1\CCC(=O)CN(S(=O)(=O)c2cc(F)c(Cl)cc2OC)C1=O. The van der Waals surface area contributed by atoms with Crippen molar-refractivity contribution in [2.75, 3.05) is 20.8 Å². The van der Waals surface area contributed by atoms with Crippen molar-refractivity contribution in [3.8, 4) is 11.5 Å². The highest BCUT2D eigenvalue weighted by Crippen LogP contribution is 2.34. The van der Waals surface area contributed by atoms with Crippen LogP contribution in [0.25, 0.3) is 6.08 Å². The average Bonchev–Trinajstić information content (AvgIpc) is 2.89. The Balaban J connectivity index is 2.13. The summed E-state index contributed by atoms with van der Waals surface area (Å²) in [6.45, 7) is -0.696. The van der Waals surface area contributed by atoms with Crippen LogP contribution >= 0.6 is 23.2 Å². The third-order valence-electron chi connectivity index (χ3n) is 4.79. The number of amides is 1. The number of carbonyl (C=O) groups is 2. The highest BCUT2D eigenvalue weighted by molar-refractivity contribution is 7.89. The molecule has 11 heteroatoms. The van der Waals surface area contributed by atoms with E-state index in [1.54, 1.807) is 18.2 Å². The van der Waals surface area contributed by atoms with Gasteiger partial charge in [-0.15, -0.1) is 0 Å². The Morgan fingerprint density at radius 2 is 1.72 bits per heavy atom. The van der Waals surface area contributed by atoms with E-state index in [9.17, 15) is 22.4 Å². The quantitative estimate of drug-likeness (QED) is 0.572. The second-order valence-corrected chi connectivity index (χ2v) is 9.50. The van der Waals surface area contributed by atoms with Crippen molar-refractivity contribution in [1.82, 2.24) is 4.31 Å². The van der Waals surface area contributed by atoms with E-state index in [1.807, 2.05) is 0 Å². The van der Waals surface area contributed by atoms with Gasteiger partial charge < -0.3 is 9.47 Å². The number of hydrogen-bond acceptors (Lipinski definition) is 6. The predicted molar refractivity (Wildman–Crippen MR) is 117 cm³/mol. The number of rotatable bonds is 5. The Morgan fingerprint density at radius 1 is 1.03 bits per heavy atom. The fraction of sp³-hybridized carbons (Fsp3) is 0.238. The van der Waals surface area contributed by atoms with E-state index in [1.165, 1.54) is 20.3 Å². The number of ether oxygens (including phenoxy) is 2. The van der Waals surface area contributed by atoms with Gasteiger partial charge in [0.25, 0.3) is 15.9 Å². The van der Waals surface area contributed by atoms with Gasteiger partial charge in [-0.25, -0.2) is 17.1 Å². The zero-order valence-electron chi connectivity index (χ0n) is 17.0. The van der Waals surface area contributed by atoms with Crippen LogP contribution in [0.2, 0.25) is 10.0 Å². The third-order valence-corrected chi connectivity index (χ3v) is 7.07. The minimum atomic E-state index is -4.66. The smallest absolute Gasteiger partial charge is 0.270 e. The monoisotopic (exact) mass is 501 g/mol. The fourth-order valence-corrected chi connectivity index (χ4v) is 5.05. The van der Waals surface area contributed by atoms with Crippen LogP contribution in [0, 0.1) is 5.82 Å². The van der Waals surface area contributed by atoms with Gasteiger partial charge in [-0.3, -0.25) is 9.59 Å². The number of nitrogens with zero attached hydrogens (tertiary/aromatic N) is 1. The maximum atomic E-state index is 14.1. The number of hydrogen-bond donors (Lipinski definition) is 0. The lowest BCUT2D eigenvalue weighted by Crippen LogP contribution is -2.39. The van der Waals surface area contributed by atoms with Crippen molar-refractivity contribution >= 4 is 51.0 Å². The molecule has 32 heavy (non-hydrogen) atoms. The molecule has 1 heterocycles. The van der Waals surface area contributed by atoms with E-state index < -0.39 is 39.0 Å². The highest BCUT2D eigenvalue weighted by Gasteiger charge is 2.37. The average molecular weight is 502 g/mol. The summed E-state index contributed by atoms with van der Waals surface area (Å²) in [7, 11) is -2.05. The van der Waals surface area contributed by atoms with Crippen molar-refractivity contribution in [2.24, 2.45) is 0 Å². The van der Waals surface area contributed by atoms with E-state index in [4.69, 9.17) is 32.7 Å². The molecule has 0 bridgehead atoms. The second-order valence-electron chi connectivity index (χ2n) is 6.83. The first-order valence-electron chi connectivity index (χ1n) is 9.24. The molecule has 1 saturated heterocycles. The van der Waals surface area contributed by atoms with Crippen LogP contribution in [-0.4, -0.2) is 45.2 Å². The molecule has 7 nitrogen and oxygen atoms in total. The second kappa shape index (κ2) is 9.48. The number of carbonyl (C=O) groups excluding carboxylic acids is 2. The van der Waals surface area contributed by atoms with E-state index in [-0.39, 0.29) is 29.2 Å². The molecule has 1 aliphatic heterocycles. The number of benzene rings is 2. The summed E-state index contributed by atoms with van der Waals surface area (Å²) in [6, 6.07) is 6.38. The van der Waals surface area contributed by atoms with Gasteiger partial charge in [0, 0.05) is 28.6 Å². The van der Waals surface area contributed by atoms with E-state index in [0.29, 0.717) is 26.7 Å². The van der Waals surface area contributed by atoms with Crippen LogP contribution in [0.4, 0.5) is 4.39 Å². The maximum absolute atomic E-state index is 14.1. The van der Waals surface area contributed by atoms with E-state index >= 15 is 0 Å². The summed E-state index contributed by atoms with van der Waals surface area (Å²) in [5, 5.41) is 0.0216. The fourth-order valence-electron chi connectivity index (χ4n) is 3.18. The zero-order chi connectivity index (χ0) is 23.6. The minimum Gasteiger partial charge on any atom is -0.496 e. The highest BCUT2D eigenvalue weighted by atomic mass is 35.5. The zero-order valence-corrected chi connectivity index (χ0v) is 19.4. The van der Waals surface area contributed by atoms with Gasteiger partial charge >= 0.3 is 0 Å². The number of halogens is 3. The molecular formula is C21H18Cl2FNO6S. The van der Waals surface area contributed by atoms with Crippen molar-refractivity contribution in [2.45, 2.75) is 17.7 Å². The van der Waals surface area contributed by atoms with Crippen molar-refractivity contribution in [3.05, 3.63) is 57.3 Å². The van der Waals surface area contributed by atoms with Crippen molar-refractivity contribution in [3.63, 3.8) is 0 Å². The topological polar surface area (TPSA) is 90.0 Å². The number of ketones is 1. The van der Waals surface area contributed by atoms with Gasteiger partial charge in [0.05, 0.1) is 25.8 Å². The molecule has 0 unspecified atom stereocenters. The lowest BCUT2D eigenvalue weighted by Gasteiger charge is -2.22. The Bertz CT molecular complexity index is 1230. The molecule has 0 radical (unpaired) electrons. The molecular weight excluding hydrogens is 484 g/mol. The number of methoxy groups -OCH3 is 2. The van der Waals surface area contributed by atoms with E-state index in [2.05, 4.69) is 0 Å². The van der Waals surface area contributed by atoms with Crippen LogP contribution in [0.1, 0.15) is 18.4 Å². The number of sulfonamides is 1. The molecule has 0 aromatic heterocycles. The summed E-state index contributed by atoms with van der Waals surface area (Å²) >= 11 is 11.8. The van der Waals surface area contributed by atoms with Crippen molar-refractivity contribution < 1.29 is 31.9 Å².